The number of imide groups is 1. The zero-order chi connectivity index (χ0) is 17.6. The lowest BCUT2D eigenvalue weighted by Crippen LogP contribution is -2.55. The lowest BCUT2D eigenvalue weighted by molar-refractivity contribution is -0.133. The van der Waals surface area contributed by atoms with E-state index >= 15 is 0 Å². The summed E-state index contributed by atoms with van der Waals surface area (Å²) in [5.41, 5.74) is -0.820. The summed E-state index contributed by atoms with van der Waals surface area (Å²) in [6, 6.07) is -0.280. The minimum absolute atomic E-state index is 0.0834. The molecule has 2 unspecified atom stereocenters. The Morgan fingerprint density at radius 3 is 2.80 bits per heavy atom. The molecule has 1 aromatic rings. The highest BCUT2D eigenvalue weighted by atomic mass is 16.5. The highest BCUT2D eigenvalue weighted by molar-refractivity contribution is 6.07. The average molecular weight is 347 g/mol. The number of aromatic nitrogens is 2. The van der Waals surface area contributed by atoms with Crippen molar-refractivity contribution in [2.75, 3.05) is 19.6 Å². The zero-order valence-corrected chi connectivity index (χ0v) is 14.8. The minimum Gasteiger partial charge on any atom is -0.338 e. The molecule has 3 fully saturated rings. The van der Waals surface area contributed by atoms with Crippen LogP contribution < -0.4 is 5.32 Å². The molecule has 136 valence electrons. The van der Waals surface area contributed by atoms with E-state index in [1.807, 2.05) is 13.8 Å². The number of hydrogen-bond donors (Lipinski definition) is 1. The van der Waals surface area contributed by atoms with Crippen molar-refractivity contribution in [3.8, 4) is 0 Å². The van der Waals surface area contributed by atoms with Crippen molar-refractivity contribution >= 4 is 11.9 Å². The largest absolute Gasteiger partial charge is 0.338 e. The third kappa shape index (κ3) is 2.92. The van der Waals surface area contributed by atoms with Gasteiger partial charge in [0.05, 0.1) is 6.54 Å². The van der Waals surface area contributed by atoms with E-state index in [-0.39, 0.29) is 17.9 Å². The molecule has 3 aliphatic rings. The molecule has 1 aromatic heterocycles. The molecule has 2 atom stereocenters. The molecule has 1 saturated carbocycles. The lowest BCUT2D eigenvalue weighted by Gasteiger charge is -2.39. The Labute approximate surface area is 146 Å². The monoisotopic (exact) mass is 347 g/mol. The summed E-state index contributed by atoms with van der Waals surface area (Å²) in [6.07, 6.45) is 4.21. The predicted molar refractivity (Wildman–Crippen MR) is 88.6 cm³/mol. The summed E-state index contributed by atoms with van der Waals surface area (Å²) in [5.74, 6) is 1.93. The quantitative estimate of drug-likeness (QED) is 0.812. The van der Waals surface area contributed by atoms with Gasteiger partial charge < -0.3 is 9.84 Å². The number of carbonyl (C=O) groups excluding carboxylic acids is 2. The van der Waals surface area contributed by atoms with Crippen molar-refractivity contribution in [1.82, 2.24) is 25.3 Å². The van der Waals surface area contributed by atoms with Crippen LogP contribution in [-0.4, -0.2) is 57.1 Å². The molecule has 3 heterocycles. The van der Waals surface area contributed by atoms with E-state index in [0.29, 0.717) is 24.9 Å². The Bertz CT molecular complexity index is 686. The second-order valence-electron chi connectivity index (χ2n) is 7.58. The van der Waals surface area contributed by atoms with E-state index in [1.165, 1.54) is 4.90 Å². The molecule has 2 saturated heterocycles. The molecule has 0 radical (unpaired) electrons. The topological polar surface area (TPSA) is 91.6 Å². The molecule has 1 N–H and O–H groups in total. The number of carbonyl (C=O) groups is 2. The maximum atomic E-state index is 12.7. The fraction of sp³-hybridized carbons (Fsp3) is 0.765. The molecule has 25 heavy (non-hydrogen) atoms. The first-order valence-electron chi connectivity index (χ1n) is 9.20. The molecule has 0 spiro atoms. The van der Waals surface area contributed by atoms with Crippen molar-refractivity contribution in [3.63, 3.8) is 0 Å². The van der Waals surface area contributed by atoms with Crippen LogP contribution >= 0.6 is 0 Å². The number of nitrogens with one attached hydrogen (secondary N) is 1. The van der Waals surface area contributed by atoms with Crippen LogP contribution in [0, 0.1) is 5.92 Å². The van der Waals surface area contributed by atoms with Gasteiger partial charge in [-0.1, -0.05) is 5.16 Å². The standard InChI is InChI=1S/C17H25N5O3/c1-3-22-15(23)17(2,19-16(22)24)12-5-4-8-21(9-12)10-13-18-14(20-25-13)11-6-7-11/h11-12H,3-10H2,1-2H3,(H,19,24). The Morgan fingerprint density at radius 1 is 1.32 bits per heavy atom. The van der Waals surface area contributed by atoms with Gasteiger partial charge in [-0.05, 0) is 46.1 Å². The Hall–Kier alpha value is -1.96. The van der Waals surface area contributed by atoms with Gasteiger partial charge in [-0.3, -0.25) is 14.6 Å². The lowest BCUT2D eigenvalue weighted by atomic mass is 9.80. The third-order valence-electron chi connectivity index (χ3n) is 5.72. The van der Waals surface area contributed by atoms with Crippen molar-refractivity contribution in [2.24, 2.45) is 5.92 Å². The minimum atomic E-state index is -0.820. The second-order valence-corrected chi connectivity index (χ2v) is 7.58. The summed E-state index contributed by atoms with van der Waals surface area (Å²) in [7, 11) is 0. The fourth-order valence-corrected chi connectivity index (χ4v) is 3.98. The number of nitrogens with zero attached hydrogens (tertiary/aromatic N) is 4. The van der Waals surface area contributed by atoms with E-state index in [4.69, 9.17) is 4.52 Å². The average Bonchev–Trinajstić information content (AvgIpc) is 3.30. The Kier molecular flexibility index (Phi) is 4.02. The molecule has 8 nitrogen and oxygen atoms in total. The van der Waals surface area contributed by atoms with Gasteiger partial charge in [-0.2, -0.15) is 4.98 Å². The van der Waals surface area contributed by atoms with Crippen LogP contribution in [0.15, 0.2) is 4.52 Å². The highest BCUT2D eigenvalue weighted by Crippen LogP contribution is 2.38. The molecule has 2 aliphatic heterocycles. The molecular weight excluding hydrogens is 322 g/mol. The van der Waals surface area contributed by atoms with E-state index in [2.05, 4.69) is 20.4 Å². The fourth-order valence-electron chi connectivity index (χ4n) is 3.98. The van der Waals surface area contributed by atoms with Crippen LogP contribution in [-0.2, 0) is 11.3 Å². The second kappa shape index (κ2) is 6.09. The molecular formula is C17H25N5O3. The van der Waals surface area contributed by atoms with Gasteiger partial charge in [-0.15, -0.1) is 0 Å². The Balaban J connectivity index is 1.43. The molecule has 8 heteroatoms. The first-order valence-corrected chi connectivity index (χ1v) is 9.20. The van der Waals surface area contributed by atoms with Crippen LogP contribution in [0.2, 0.25) is 0 Å². The van der Waals surface area contributed by atoms with Gasteiger partial charge in [0.2, 0.25) is 5.89 Å². The van der Waals surface area contributed by atoms with Crippen LogP contribution in [0.5, 0.6) is 0 Å². The molecule has 0 aromatic carbocycles. The molecule has 0 bridgehead atoms. The van der Waals surface area contributed by atoms with Gasteiger partial charge in [-0.25, -0.2) is 4.79 Å². The van der Waals surface area contributed by atoms with Gasteiger partial charge in [0.25, 0.3) is 5.91 Å². The van der Waals surface area contributed by atoms with Gasteiger partial charge >= 0.3 is 6.03 Å². The number of likely N-dealkylation sites (tertiary alicyclic amines) is 1. The number of amides is 3. The number of likely N-dealkylation sites (N-methyl/N-ethyl adjacent to an activating group) is 1. The maximum Gasteiger partial charge on any atom is 0.325 e. The predicted octanol–water partition coefficient (Wildman–Crippen LogP) is 1.49. The first-order chi connectivity index (χ1) is 12.0. The summed E-state index contributed by atoms with van der Waals surface area (Å²) >= 11 is 0. The molecule has 3 amide bonds. The van der Waals surface area contributed by atoms with Gasteiger partial charge in [0, 0.05) is 24.9 Å². The van der Waals surface area contributed by atoms with Crippen molar-refractivity contribution in [1.29, 1.82) is 0 Å². The number of urea groups is 1. The summed E-state index contributed by atoms with van der Waals surface area (Å²) in [4.78, 5) is 32.8. The summed E-state index contributed by atoms with van der Waals surface area (Å²) in [5, 5.41) is 6.99. The highest BCUT2D eigenvalue weighted by Gasteiger charge is 2.52. The summed E-state index contributed by atoms with van der Waals surface area (Å²) in [6.45, 7) is 6.36. The normalized spacial score (nSPS) is 30.8. The molecule has 1 aliphatic carbocycles. The van der Waals surface area contributed by atoms with E-state index < -0.39 is 5.54 Å². The van der Waals surface area contributed by atoms with Crippen LogP contribution in [0.1, 0.15) is 57.2 Å². The number of rotatable bonds is 5. The summed E-state index contributed by atoms with van der Waals surface area (Å²) < 4.78 is 5.38. The first kappa shape index (κ1) is 16.5. The van der Waals surface area contributed by atoms with E-state index in [1.54, 1.807) is 0 Å². The Morgan fingerprint density at radius 2 is 2.12 bits per heavy atom. The SMILES string of the molecule is CCN1C(=O)NC(C)(C2CCCN(Cc3nc(C4CC4)no3)C2)C1=O. The van der Waals surface area contributed by atoms with E-state index in [9.17, 15) is 9.59 Å². The van der Waals surface area contributed by atoms with Crippen molar-refractivity contribution in [3.05, 3.63) is 11.7 Å². The number of piperidine rings is 1. The van der Waals surface area contributed by atoms with Gasteiger partial charge in [0.15, 0.2) is 5.82 Å². The molecule has 4 rings (SSSR count). The third-order valence-corrected chi connectivity index (χ3v) is 5.72. The number of hydrogen-bond acceptors (Lipinski definition) is 6. The van der Waals surface area contributed by atoms with Crippen LogP contribution in [0.4, 0.5) is 4.79 Å². The van der Waals surface area contributed by atoms with Crippen LogP contribution in [0.3, 0.4) is 0 Å². The van der Waals surface area contributed by atoms with Crippen molar-refractivity contribution < 1.29 is 14.1 Å². The smallest absolute Gasteiger partial charge is 0.325 e. The van der Waals surface area contributed by atoms with Crippen LogP contribution in [0.25, 0.3) is 0 Å². The zero-order valence-electron chi connectivity index (χ0n) is 14.8. The van der Waals surface area contributed by atoms with Crippen molar-refractivity contribution in [2.45, 2.75) is 57.5 Å². The van der Waals surface area contributed by atoms with E-state index in [0.717, 1.165) is 44.6 Å². The maximum absolute atomic E-state index is 12.7. The van der Waals surface area contributed by atoms with Gasteiger partial charge in [0.1, 0.15) is 5.54 Å².